The van der Waals surface area contributed by atoms with Crippen LogP contribution >= 0.6 is 0 Å². The number of hydrogen-bond donors (Lipinski definition) is 0. The molecule has 0 aliphatic heterocycles. The van der Waals surface area contributed by atoms with Crippen molar-refractivity contribution in [2.24, 2.45) is 7.05 Å². The van der Waals surface area contributed by atoms with Gasteiger partial charge in [-0.3, -0.25) is 0 Å². The Morgan fingerprint density at radius 3 is 2.60 bits per heavy atom. The summed E-state index contributed by atoms with van der Waals surface area (Å²) >= 11 is 0. The zero-order valence-corrected chi connectivity index (χ0v) is 11.6. The Morgan fingerprint density at radius 2 is 1.85 bits per heavy atom. The SMILES string of the molecule is Cc1ccc(OCc2cn(C)c3c(F)cccc23)cc1. The van der Waals surface area contributed by atoms with Crippen molar-refractivity contribution in [2.45, 2.75) is 13.5 Å². The lowest BCUT2D eigenvalue weighted by molar-refractivity contribution is 0.307. The predicted octanol–water partition coefficient (Wildman–Crippen LogP) is 4.20. The van der Waals surface area contributed by atoms with Crippen LogP contribution in [-0.2, 0) is 13.7 Å². The lowest BCUT2D eigenvalue weighted by atomic mass is 10.2. The van der Waals surface area contributed by atoms with E-state index < -0.39 is 0 Å². The van der Waals surface area contributed by atoms with E-state index in [4.69, 9.17) is 4.74 Å². The maximum absolute atomic E-state index is 13.8. The third kappa shape index (κ3) is 2.27. The average molecular weight is 269 g/mol. The van der Waals surface area contributed by atoms with Gasteiger partial charge in [0, 0.05) is 24.2 Å². The largest absolute Gasteiger partial charge is 0.489 e. The summed E-state index contributed by atoms with van der Waals surface area (Å²) in [5.41, 5.74) is 2.81. The second-order valence-corrected chi connectivity index (χ2v) is 5.00. The fourth-order valence-electron chi connectivity index (χ4n) is 2.41. The molecule has 0 atom stereocenters. The van der Waals surface area contributed by atoms with Gasteiger partial charge in [-0.15, -0.1) is 0 Å². The van der Waals surface area contributed by atoms with E-state index in [1.807, 2.05) is 50.5 Å². The molecule has 0 fully saturated rings. The highest BCUT2D eigenvalue weighted by molar-refractivity contribution is 5.84. The van der Waals surface area contributed by atoms with E-state index >= 15 is 0 Å². The minimum Gasteiger partial charge on any atom is -0.489 e. The summed E-state index contributed by atoms with van der Waals surface area (Å²) in [6.45, 7) is 2.47. The van der Waals surface area contributed by atoms with Gasteiger partial charge in [0.1, 0.15) is 18.2 Å². The smallest absolute Gasteiger partial charge is 0.147 e. The molecule has 1 aromatic heterocycles. The highest BCUT2D eigenvalue weighted by Gasteiger charge is 2.10. The van der Waals surface area contributed by atoms with Gasteiger partial charge in [-0.25, -0.2) is 4.39 Å². The molecule has 0 amide bonds. The molecule has 0 aliphatic carbocycles. The maximum Gasteiger partial charge on any atom is 0.147 e. The number of aryl methyl sites for hydroxylation is 2. The Balaban J connectivity index is 1.88. The van der Waals surface area contributed by atoms with Crippen LogP contribution in [0.2, 0.25) is 0 Å². The Hall–Kier alpha value is -2.29. The molecule has 2 nitrogen and oxygen atoms in total. The van der Waals surface area contributed by atoms with Gasteiger partial charge in [0.2, 0.25) is 0 Å². The Morgan fingerprint density at radius 1 is 1.10 bits per heavy atom. The van der Waals surface area contributed by atoms with Gasteiger partial charge in [0.05, 0.1) is 5.52 Å². The quantitative estimate of drug-likeness (QED) is 0.695. The molecular weight excluding hydrogens is 253 g/mol. The van der Waals surface area contributed by atoms with Gasteiger partial charge in [0.15, 0.2) is 0 Å². The van der Waals surface area contributed by atoms with E-state index in [9.17, 15) is 4.39 Å². The normalized spacial score (nSPS) is 10.9. The van der Waals surface area contributed by atoms with Crippen molar-refractivity contribution < 1.29 is 9.13 Å². The van der Waals surface area contributed by atoms with E-state index in [2.05, 4.69) is 0 Å². The summed E-state index contributed by atoms with van der Waals surface area (Å²) in [5.74, 6) is 0.621. The highest BCUT2D eigenvalue weighted by atomic mass is 19.1. The van der Waals surface area contributed by atoms with Gasteiger partial charge in [0.25, 0.3) is 0 Å². The lowest BCUT2D eigenvalue weighted by Gasteiger charge is -2.05. The first kappa shape index (κ1) is 12.7. The number of benzene rings is 2. The van der Waals surface area contributed by atoms with Crippen LogP contribution in [0.3, 0.4) is 0 Å². The number of aromatic nitrogens is 1. The molecule has 0 bridgehead atoms. The van der Waals surface area contributed by atoms with Crippen molar-refractivity contribution >= 4 is 10.9 Å². The molecule has 20 heavy (non-hydrogen) atoms. The van der Waals surface area contributed by atoms with Crippen molar-refractivity contribution in [1.29, 1.82) is 0 Å². The molecule has 2 aromatic carbocycles. The van der Waals surface area contributed by atoms with Crippen molar-refractivity contribution in [3.63, 3.8) is 0 Å². The van der Waals surface area contributed by atoms with Crippen LogP contribution in [0.1, 0.15) is 11.1 Å². The van der Waals surface area contributed by atoms with Gasteiger partial charge in [-0.2, -0.15) is 0 Å². The van der Waals surface area contributed by atoms with Gasteiger partial charge in [-0.1, -0.05) is 29.8 Å². The number of nitrogens with zero attached hydrogens (tertiary/aromatic N) is 1. The van der Waals surface area contributed by atoms with Crippen LogP contribution in [0.15, 0.2) is 48.7 Å². The first-order chi connectivity index (χ1) is 9.65. The molecule has 3 rings (SSSR count). The monoisotopic (exact) mass is 269 g/mol. The third-order valence-electron chi connectivity index (χ3n) is 3.45. The molecule has 0 spiro atoms. The van der Waals surface area contributed by atoms with E-state index in [0.29, 0.717) is 12.1 Å². The molecule has 0 saturated carbocycles. The molecular formula is C17H16FNO. The number of ether oxygens (including phenoxy) is 1. The summed E-state index contributed by atoms with van der Waals surface area (Å²) < 4.78 is 21.4. The molecule has 0 unspecified atom stereocenters. The molecule has 0 radical (unpaired) electrons. The van der Waals surface area contributed by atoms with Crippen molar-refractivity contribution in [2.75, 3.05) is 0 Å². The Kier molecular flexibility index (Phi) is 3.18. The first-order valence-corrected chi connectivity index (χ1v) is 6.57. The Bertz CT molecular complexity index is 744. The summed E-state index contributed by atoms with van der Waals surface area (Å²) in [5, 5.41) is 0.902. The molecule has 0 aliphatic rings. The molecule has 0 N–H and O–H groups in total. The van der Waals surface area contributed by atoms with Crippen molar-refractivity contribution in [3.05, 3.63) is 65.6 Å². The van der Waals surface area contributed by atoms with E-state index in [0.717, 1.165) is 16.7 Å². The van der Waals surface area contributed by atoms with Crippen molar-refractivity contribution in [3.8, 4) is 5.75 Å². The average Bonchev–Trinajstić information content (AvgIpc) is 2.76. The van der Waals surface area contributed by atoms with E-state index in [1.165, 1.54) is 11.6 Å². The summed E-state index contributed by atoms with van der Waals surface area (Å²) in [4.78, 5) is 0. The number of rotatable bonds is 3. The minimum atomic E-state index is -0.202. The molecule has 3 heteroatoms. The number of para-hydroxylation sites is 1. The number of hydrogen-bond acceptors (Lipinski definition) is 1. The van der Waals surface area contributed by atoms with Crippen LogP contribution in [0.4, 0.5) is 4.39 Å². The fourth-order valence-corrected chi connectivity index (χ4v) is 2.41. The topological polar surface area (TPSA) is 14.2 Å². The van der Waals surface area contributed by atoms with E-state index in [-0.39, 0.29) is 5.82 Å². The third-order valence-corrected chi connectivity index (χ3v) is 3.45. The predicted molar refractivity (Wildman–Crippen MR) is 78.4 cm³/mol. The summed E-state index contributed by atoms with van der Waals surface area (Å²) in [6, 6.07) is 13.0. The maximum atomic E-state index is 13.8. The van der Waals surface area contributed by atoms with Gasteiger partial charge < -0.3 is 9.30 Å². The zero-order valence-electron chi connectivity index (χ0n) is 11.6. The van der Waals surface area contributed by atoms with Crippen LogP contribution in [-0.4, -0.2) is 4.57 Å². The fraction of sp³-hybridized carbons (Fsp3) is 0.176. The molecule has 3 aromatic rings. The summed E-state index contributed by atoms with van der Waals surface area (Å²) in [7, 11) is 1.85. The molecule has 0 saturated heterocycles. The standard InChI is InChI=1S/C17H16FNO/c1-12-6-8-14(9-7-12)20-11-13-10-19(2)17-15(13)4-3-5-16(17)18/h3-10H,11H2,1-2H3. The minimum absolute atomic E-state index is 0.202. The Labute approximate surface area is 117 Å². The van der Waals surface area contributed by atoms with Crippen LogP contribution in [0.5, 0.6) is 5.75 Å². The van der Waals surface area contributed by atoms with Crippen LogP contribution in [0, 0.1) is 12.7 Å². The summed E-state index contributed by atoms with van der Waals surface area (Å²) in [6.07, 6.45) is 1.92. The number of halogens is 1. The van der Waals surface area contributed by atoms with E-state index in [1.54, 1.807) is 10.6 Å². The highest BCUT2D eigenvalue weighted by Crippen LogP contribution is 2.24. The second kappa shape index (κ2) is 5.00. The molecule has 1 heterocycles. The van der Waals surface area contributed by atoms with Gasteiger partial charge >= 0.3 is 0 Å². The number of fused-ring (bicyclic) bond motifs is 1. The van der Waals surface area contributed by atoms with Crippen molar-refractivity contribution in [1.82, 2.24) is 4.57 Å². The zero-order chi connectivity index (χ0) is 14.1. The first-order valence-electron chi connectivity index (χ1n) is 6.57. The second-order valence-electron chi connectivity index (χ2n) is 5.00. The lowest BCUT2D eigenvalue weighted by Crippen LogP contribution is -1.94. The van der Waals surface area contributed by atoms with Gasteiger partial charge in [-0.05, 0) is 25.1 Å². The molecule has 102 valence electrons. The van der Waals surface area contributed by atoms with Crippen LogP contribution < -0.4 is 4.74 Å². The van der Waals surface area contributed by atoms with Crippen LogP contribution in [0.25, 0.3) is 10.9 Å².